The number of nitrogens with one attached hydrogen (secondary N) is 1. The number of nitrogens with zero attached hydrogens (tertiary/aromatic N) is 2. The molecule has 4 heteroatoms. The van der Waals surface area contributed by atoms with Crippen LogP contribution in [0.2, 0.25) is 0 Å². The van der Waals surface area contributed by atoms with Crippen molar-refractivity contribution < 1.29 is 0 Å². The van der Waals surface area contributed by atoms with Gasteiger partial charge in [0.25, 0.3) is 0 Å². The van der Waals surface area contributed by atoms with Crippen molar-refractivity contribution in [3.05, 3.63) is 5.69 Å². The average molecular weight is 224 g/mol. The van der Waals surface area contributed by atoms with Crippen molar-refractivity contribution >= 4 is 11.5 Å². The van der Waals surface area contributed by atoms with Crippen LogP contribution in [-0.4, -0.2) is 16.3 Å². The van der Waals surface area contributed by atoms with E-state index in [0.717, 1.165) is 36.7 Å². The van der Waals surface area contributed by atoms with E-state index in [-0.39, 0.29) is 0 Å². The topological polar surface area (TPSA) is 55.9 Å². The van der Waals surface area contributed by atoms with Gasteiger partial charge in [-0.15, -0.1) is 0 Å². The molecule has 0 radical (unpaired) electrons. The molecule has 1 aromatic rings. The first-order valence-corrected chi connectivity index (χ1v) is 6.27. The van der Waals surface area contributed by atoms with Gasteiger partial charge in [0.2, 0.25) is 0 Å². The number of hydrogen-bond acceptors (Lipinski definition) is 3. The van der Waals surface area contributed by atoms with Gasteiger partial charge in [0.15, 0.2) is 0 Å². The smallest absolute Gasteiger partial charge is 0.148 e. The van der Waals surface area contributed by atoms with Crippen molar-refractivity contribution in [3.8, 4) is 0 Å². The molecule has 92 valence electrons. The first-order valence-electron chi connectivity index (χ1n) is 6.27. The Morgan fingerprint density at radius 3 is 2.62 bits per heavy atom. The number of anilines is 2. The van der Waals surface area contributed by atoms with Crippen LogP contribution in [0.3, 0.4) is 0 Å². The Hall–Kier alpha value is -1.19. The highest BCUT2D eigenvalue weighted by molar-refractivity contribution is 5.64. The van der Waals surface area contributed by atoms with Gasteiger partial charge in [0.05, 0.1) is 11.4 Å². The highest BCUT2D eigenvalue weighted by Gasteiger charge is 2.10. The fourth-order valence-electron chi connectivity index (χ4n) is 1.74. The summed E-state index contributed by atoms with van der Waals surface area (Å²) >= 11 is 0. The molecule has 0 unspecified atom stereocenters. The van der Waals surface area contributed by atoms with Crippen LogP contribution in [-0.2, 0) is 6.54 Å². The molecule has 1 heterocycles. The molecule has 1 aromatic heterocycles. The largest absolute Gasteiger partial charge is 0.394 e. The molecule has 0 atom stereocenters. The van der Waals surface area contributed by atoms with Crippen molar-refractivity contribution in [2.75, 3.05) is 17.6 Å². The average Bonchev–Trinajstić information content (AvgIpc) is 2.52. The van der Waals surface area contributed by atoms with E-state index in [1.807, 2.05) is 11.6 Å². The maximum atomic E-state index is 6.00. The van der Waals surface area contributed by atoms with E-state index in [2.05, 4.69) is 24.3 Å². The van der Waals surface area contributed by atoms with Crippen LogP contribution < -0.4 is 11.1 Å². The first-order chi connectivity index (χ1) is 7.70. The quantitative estimate of drug-likeness (QED) is 0.700. The van der Waals surface area contributed by atoms with Crippen LogP contribution in [0.25, 0.3) is 0 Å². The van der Waals surface area contributed by atoms with E-state index in [9.17, 15) is 0 Å². The summed E-state index contributed by atoms with van der Waals surface area (Å²) < 4.78 is 1.98. The molecule has 0 fully saturated rings. The predicted octanol–water partition coefficient (Wildman–Crippen LogP) is 2.79. The van der Waals surface area contributed by atoms with Crippen LogP contribution in [0.5, 0.6) is 0 Å². The SMILES string of the molecule is CCCCCNc1c(N)c(C)nn1CCC. The molecule has 0 spiro atoms. The van der Waals surface area contributed by atoms with Gasteiger partial charge in [-0.05, 0) is 19.8 Å². The lowest BCUT2D eigenvalue weighted by atomic mass is 10.2. The lowest BCUT2D eigenvalue weighted by Crippen LogP contribution is -2.10. The highest BCUT2D eigenvalue weighted by Crippen LogP contribution is 2.22. The van der Waals surface area contributed by atoms with Crippen molar-refractivity contribution in [2.24, 2.45) is 0 Å². The predicted molar refractivity (Wildman–Crippen MR) is 69.7 cm³/mol. The Balaban J connectivity index is 2.61. The lowest BCUT2D eigenvalue weighted by molar-refractivity contribution is 0.601. The molecule has 0 bridgehead atoms. The summed E-state index contributed by atoms with van der Waals surface area (Å²) in [4.78, 5) is 0. The maximum Gasteiger partial charge on any atom is 0.148 e. The van der Waals surface area contributed by atoms with Gasteiger partial charge in [0, 0.05) is 13.1 Å². The third-order valence-electron chi connectivity index (χ3n) is 2.68. The molecule has 0 amide bonds. The van der Waals surface area contributed by atoms with Crippen LogP contribution >= 0.6 is 0 Å². The minimum atomic E-state index is 0.796. The van der Waals surface area contributed by atoms with Gasteiger partial charge < -0.3 is 11.1 Å². The van der Waals surface area contributed by atoms with E-state index >= 15 is 0 Å². The van der Waals surface area contributed by atoms with E-state index in [0.29, 0.717) is 0 Å². The van der Waals surface area contributed by atoms with E-state index < -0.39 is 0 Å². The summed E-state index contributed by atoms with van der Waals surface area (Å²) in [5, 5.41) is 7.83. The number of nitrogens with two attached hydrogens (primary N) is 1. The minimum Gasteiger partial charge on any atom is -0.394 e. The van der Waals surface area contributed by atoms with Gasteiger partial charge >= 0.3 is 0 Å². The van der Waals surface area contributed by atoms with Crippen LogP contribution in [0.1, 0.15) is 45.2 Å². The third-order valence-corrected chi connectivity index (χ3v) is 2.68. The van der Waals surface area contributed by atoms with E-state index in [4.69, 9.17) is 5.73 Å². The molecule has 0 aliphatic carbocycles. The lowest BCUT2D eigenvalue weighted by Gasteiger charge is -2.09. The number of rotatable bonds is 7. The second-order valence-electron chi connectivity index (χ2n) is 4.20. The monoisotopic (exact) mass is 224 g/mol. The molecule has 1 rings (SSSR count). The summed E-state index contributed by atoms with van der Waals surface area (Å²) in [5.41, 5.74) is 7.72. The van der Waals surface area contributed by atoms with Crippen molar-refractivity contribution in [2.45, 2.75) is 53.0 Å². The normalized spacial score (nSPS) is 10.7. The molecule has 0 saturated heterocycles. The first kappa shape index (κ1) is 12.9. The maximum absolute atomic E-state index is 6.00. The molecule has 16 heavy (non-hydrogen) atoms. The number of hydrogen-bond donors (Lipinski definition) is 2. The summed E-state index contributed by atoms with van der Waals surface area (Å²) in [7, 11) is 0. The zero-order valence-electron chi connectivity index (χ0n) is 10.7. The molecule has 0 aliphatic heterocycles. The molecule has 0 saturated carbocycles. The van der Waals surface area contributed by atoms with Gasteiger partial charge in [-0.2, -0.15) is 5.10 Å². The zero-order chi connectivity index (χ0) is 12.0. The number of unbranched alkanes of at least 4 members (excludes halogenated alkanes) is 2. The second kappa shape index (κ2) is 6.40. The standard InChI is InChI=1S/C12H24N4/c1-4-6-7-8-14-12-11(13)10(3)15-16(12)9-5-2/h14H,4-9,13H2,1-3H3. The Morgan fingerprint density at radius 1 is 1.25 bits per heavy atom. The van der Waals surface area contributed by atoms with Crippen molar-refractivity contribution in [3.63, 3.8) is 0 Å². The molecule has 0 aromatic carbocycles. The molecule has 3 N–H and O–H groups in total. The zero-order valence-corrected chi connectivity index (χ0v) is 10.7. The minimum absolute atomic E-state index is 0.796. The van der Waals surface area contributed by atoms with E-state index in [1.165, 1.54) is 19.3 Å². The van der Waals surface area contributed by atoms with Crippen molar-refractivity contribution in [1.29, 1.82) is 0 Å². The number of aryl methyl sites for hydroxylation is 2. The summed E-state index contributed by atoms with van der Waals surface area (Å²) in [5.74, 6) is 0.996. The molecule has 0 aliphatic rings. The summed E-state index contributed by atoms with van der Waals surface area (Å²) in [6.07, 6.45) is 4.76. The Morgan fingerprint density at radius 2 is 2.00 bits per heavy atom. The fourth-order valence-corrected chi connectivity index (χ4v) is 1.74. The van der Waals surface area contributed by atoms with E-state index in [1.54, 1.807) is 0 Å². The van der Waals surface area contributed by atoms with Crippen LogP contribution in [0.15, 0.2) is 0 Å². The Bertz CT molecular complexity index is 317. The van der Waals surface area contributed by atoms with Gasteiger partial charge in [-0.3, -0.25) is 0 Å². The Kier molecular flexibility index (Phi) is 5.15. The summed E-state index contributed by atoms with van der Waals surface area (Å²) in [6.45, 7) is 8.22. The molecule has 4 nitrogen and oxygen atoms in total. The van der Waals surface area contributed by atoms with Crippen LogP contribution in [0.4, 0.5) is 11.5 Å². The van der Waals surface area contributed by atoms with Gasteiger partial charge in [-0.1, -0.05) is 26.7 Å². The highest BCUT2D eigenvalue weighted by atomic mass is 15.3. The fraction of sp³-hybridized carbons (Fsp3) is 0.750. The van der Waals surface area contributed by atoms with Gasteiger partial charge in [-0.25, -0.2) is 4.68 Å². The Labute approximate surface area is 98.2 Å². The number of nitrogen functional groups attached to an aromatic ring is 1. The third kappa shape index (κ3) is 3.15. The van der Waals surface area contributed by atoms with Crippen LogP contribution in [0, 0.1) is 6.92 Å². The van der Waals surface area contributed by atoms with Gasteiger partial charge in [0.1, 0.15) is 5.82 Å². The number of aromatic nitrogens is 2. The molecular formula is C12H24N4. The van der Waals surface area contributed by atoms with Crippen molar-refractivity contribution in [1.82, 2.24) is 9.78 Å². The second-order valence-corrected chi connectivity index (χ2v) is 4.20. The molecular weight excluding hydrogens is 200 g/mol. The summed E-state index contributed by atoms with van der Waals surface area (Å²) in [6, 6.07) is 0.